The topological polar surface area (TPSA) is 49.8 Å². The molecule has 2 aromatic rings. The first-order valence-electron chi connectivity index (χ1n) is 9.54. The van der Waals surface area contributed by atoms with Crippen LogP contribution in [-0.2, 0) is 17.8 Å². The molecule has 4 nitrogen and oxygen atoms in total. The Balaban J connectivity index is 1.41. The van der Waals surface area contributed by atoms with Gasteiger partial charge in [0.1, 0.15) is 12.4 Å². The van der Waals surface area contributed by atoms with Crippen LogP contribution in [0.2, 0.25) is 0 Å². The van der Waals surface area contributed by atoms with Crippen LogP contribution in [0.25, 0.3) is 5.57 Å². The highest BCUT2D eigenvalue weighted by molar-refractivity contribution is 5.73. The van der Waals surface area contributed by atoms with Gasteiger partial charge in [-0.25, -0.2) is 0 Å². The summed E-state index contributed by atoms with van der Waals surface area (Å²) in [5.74, 6) is 0.0565. The van der Waals surface area contributed by atoms with Gasteiger partial charge in [-0.3, -0.25) is 9.69 Å². The zero-order valence-electron chi connectivity index (χ0n) is 15.6. The van der Waals surface area contributed by atoms with Crippen LogP contribution in [0.3, 0.4) is 0 Å². The van der Waals surface area contributed by atoms with E-state index in [1.54, 1.807) is 0 Å². The van der Waals surface area contributed by atoms with Crippen molar-refractivity contribution < 1.29 is 14.6 Å². The summed E-state index contributed by atoms with van der Waals surface area (Å²) in [5.41, 5.74) is 6.59. The molecule has 140 valence electrons. The summed E-state index contributed by atoms with van der Waals surface area (Å²) in [6.07, 6.45) is 2.05. The van der Waals surface area contributed by atoms with Crippen LogP contribution in [-0.4, -0.2) is 35.6 Å². The van der Waals surface area contributed by atoms with Gasteiger partial charge in [0.05, 0.1) is 5.92 Å². The van der Waals surface area contributed by atoms with Gasteiger partial charge in [0.15, 0.2) is 0 Å². The van der Waals surface area contributed by atoms with E-state index in [0.717, 1.165) is 25.1 Å². The summed E-state index contributed by atoms with van der Waals surface area (Å²) in [5, 5.41) is 9.03. The number of carboxylic acids is 1. The van der Waals surface area contributed by atoms with Crippen molar-refractivity contribution in [2.45, 2.75) is 26.4 Å². The fourth-order valence-corrected chi connectivity index (χ4v) is 3.96. The number of carbonyl (C=O) groups is 1. The molecule has 1 heterocycles. The Bertz CT molecular complexity index is 866. The Morgan fingerprint density at radius 1 is 1.15 bits per heavy atom. The maximum absolute atomic E-state index is 11.0. The first kappa shape index (κ1) is 17.8. The van der Waals surface area contributed by atoms with E-state index in [1.807, 2.05) is 18.2 Å². The van der Waals surface area contributed by atoms with E-state index in [9.17, 15) is 4.79 Å². The minimum atomic E-state index is -0.672. The average Bonchev–Trinajstić information content (AvgIpc) is 2.64. The molecule has 0 atom stereocenters. The summed E-state index contributed by atoms with van der Waals surface area (Å²) in [6.45, 7) is 5.00. The number of allylic oxidation sites excluding steroid dienone is 1. The number of hydrogen-bond acceptors (Lipinski definition) is 3. The maximum atomic E-state index is 11.0. The molecule has 1 aliphatic carbocycles. The summed E-state index contributed by atoms with van der Waals surface area (Å²) >= 11 is 0. The van der Waals surface area contributed by atoms with E-state index < -0.39 is 5.97 Å². The van der Waals surface area contributed by atoms with Gasteiger partial charge in [-0.2, -0.15) is 0 Å². The zero-order chi connectivity index (χ0) is 18.8. The molecule has 27 heavy (non-hydrogen) atoms. The molecule has 0 aromatic heterocycles. The first-order valence-corrected chi connectivity index (χ1v) is 9.54. The molecular formula is C23H25NO3. The number of aliphatic carboxylic acids is 1. The quantitative estimate of drug-likeness (QED) is 0.843. The van der Waals surface area contributed by atoms with Crippen LogP contribution in [0.5, 0.6) is 5.75 Å². The standard InChI is InChI=1S/C23H25NO3/c1-16-19(12-24-13-20(14-24)23(25)26)8-7-18-11-21(9-10-22(16)18)27-15-17-5-3-2-4-6-17/h2-6,9-11,20H,7-8,12-15H2,1H3,(H,25,26). The first-order chi connectivity index (χ1) is 13.1. The van der Waals surface area contributed by atoms with Gasteiger partial charge in [0.2, 0.25) is 0 Å². The molecule has 0 saturated carbocycles. The molecule has 0 amide bonds. The third kappa shape index (κ3) is 3.91. The zero-order valence-corrected chi connectivity index (χ0v) is 15.6. The third-order valence-corrected chi connectivity index (χ3v) is 5.68. The van der Waals surface area contributed by atoms with E-state index in [4.69, 9.17) is 9.84 Å². The lowest BCUT2D eigenvalue weighted by atomic mass is 9.85. The Kier molecular flexibility index (Phi) is 4.99. The van der Waals surface area contributed by atoms with Gasteiger partial charge in [0.25, 0.3) is 0 Å². The van der Waals surface area contributed by atoms with Crippen molar-refractivity contribution >= 4 is 11.5 Å². The summed E-state index contributed by atoms with van der Waals surface area (Å²) in [4.78, 5) is 13.2. The van der Waals surface area contributed by atoms with Crippen LogP contribution in [0, 0.1) is 5.92 Å². The van der Waals surface area contributed by atoms with E-state index in [0.29, 0.717) is 19.7 Å². The smallest absolute Gasteiger partial charge is 0.309 e. The maximum Gasteiger partial charge on any atom is 0.309 e. The molecule has 0 spiro atoms. The molecular weight excluding hydrogens is 338 g/mol. The van der Waals surface area contributed by atoms with Gasteiger partial charge in [-0.15, -0.1) is 0 Å². The Morgan fingerprint density at radius 3 is 2.67 bits per heavy atom. The fraction of sp³-hybridized carbons (Fsp3) is 0.348. The van der Waals surface area contributed by atoms with Crippen molar-refractivity contribution in [2.75, 3.05) is 19.6 Å². The molecule has 4 rings (SSSR count). The second kappa shape index (κ2) is 7.57. The second-order valence-corrected chi connectivity index (χ2v) is 7.55. The van der Waals surface area contributed by atoms with Gasteiger partial charge in [-0.1, -0.05) is 42.0 Å². The number of ether oxygens (including phenoxy) is 1. The van der Waals surface area contributed by atoms with E-state index in [-0.39, 0.29) is 5.92 Å². The van der Waals surface area contributed by atoms with Crippen molar-refractivity contribution in [2.24, 2.45) is 5.92 Å². The predicted molar refractivity (Wildman–Crippen MR) is 106 cm³/mol. The lowest BCUT2D eigenvalue weighted by Crippen LogP contribution is -2.50. The Labute approximate surface area is 160 Å². The Morgan fingerprint density at radius 2 is 1.93 bits per heavy atom. The Hall–Kier alpha value is -2.59. The van der Waals surface area contributed by atoms with Crippen molar-refractivity contribution in [3.8, 4) is 5.75 Å². The molecule has 4 heteroatoms. The summed E-state index contributed by atoms with van der Waals surface area (Å²) < 4.78 is 5.97. The van der Waals surface area contributed by atoms with Crippen molar-refractivity contribution in [1.82, 2.24) is 4.90 Å². The summed E-state index contributed by atoms with van der Waals surface area (Å²) in [6, 6.07) is 16.6. The minimum absolute atomic E-state index is 0.189. The molecule has 1 N–H and O–H groups in total. The molecule has 1 aliphatic heterocycles. The normalized spacial score (nSPS) is 17.4. The highest BCUT2D eigenvalue weighted by atomic mass is 16.5. The predicted octanol–water partition coefficient (Wildman–Crippen LogP) is 4.00. The molecule has 2 aromatic carbocycles. The largest absolute Gasteiger partial charge is 0.489 e. The highest BCUT2D eigenvalue weighted by Crippen LogP contribution is 2.34. The molecule has 1 saturated heterocycles. The monoisotopic (exact) mass is 363 g/mol. The summed E-state index contributed by atoms with van der Waals surface area (Å²) in [7, 11) is 0. The van der Waals surface area contributed by atoms with E-state index >= 15 is 0 Å². The number of rotatable bonds is 6. The van der Waals surface area contributed by atoms with Gasteiger partial charge < -0.3 is 9.84 Å². The lowest BCUT2D eigenvalue weighted by Gasteiger charge is -2.38. The molecule has 1 fully saturated rings. The molecule has 0 unspecified atom stereocenters. The van der Waals surface area contributed by atoms with Gasteiger partial charge in [-0.05, 0) is 54.2 Å². The van der Waals surface area contributed by atoms with Crippen LogP contribution in [0.1, 0.15) is 30.0 Å². The van der Waals surface area contributed by atoms with Crippen LogP contribution >= 0.6 is 0 Å². The van der Waals surface area contributed by atoms with Crippen LogP contribution in [0.4, 0.5) is 0 Å². The number of nitrogens with zero attached hydrogens (tertiary/aromatic N) is 1. The van der Waals surface area contributed by atoms with E-state index in [2.05, 4.69) is 42.2 Å². The second-order valence-electron chi connectivity index (χ2n) is 7.55. The average molecular weight is 363 g/mol. The SMILES string of the molecule is CC1=C(CN2CC(C(=O)O)C2)CCc2cc(OCc3ccccc3)ccc21. The fourth-order valence-electron chi connectivity index (χ4n) is 3.96. The van der Waals surface area contributed by atoms with E-state index in [1.165, 1.54) is 27.8 Å². The van der Waals surface area contributed by atoms with Crippen molar-refractivity contribution in [3.05, 3.63) is 70.8 Å². The number of likely N-dealkylation sites (tertiary alicyclic amines) is 1. The third-order valence-electron chi connectivity index (χ3n) is 5.68. The van der Waals surface area contributed by atoms with Crippen molar-refractivity contribution in [3.63, 3.8) is 0 Å². The van der Waals surface area contributed by atoms with Crippen LogP contribution in [0.15, 0.2) is 54.1 Å². The lowest BCUT2D eigenvalue weighted by molar-refractivity contribution is -0.147. The van der Waals surface area contributed by atoms with Gasteiger partial charge >= 0.3 is 5.97 Å². The van der Waals surface area contributed by atoms with Crippen LogP contribution < -0.4 is 4.74 Å². The number of aryl methyl sites for hydroxylation is 1. The minimum Gasteiger partial charge on any atom is -0.489 e. The molecule has 2 aliphatic rings. The van der Waals surface area contributed by atoms with Crippen molar-refractivity contribution in [1.29, 1.82) is 0 Å². The number of fused-ring (bicyclic) bond motifs is 1. The van der Waals surface area contributed by atoms with Gasteiger partial charge in [0, 0.05) is 19.6 Å². The number of carboxylic acid groups (broad SMARTS) is 1. The molecule has 0 radical (unpaired) electrons. The number of benzene rings is 2. The number of hydrogen-bond donors (Lipinski definition) is 1. The molecule has 0 bridgehead atoms. The highest BCUT2D eigenvalue weighted by Gasteiger charge is 2.33.